The molecular formula is C16H36NO2+. The SMILES string of the molecule is CC(C)(C)C(C)(C(O)OCC[N+](C)(C)C)C(C)(C)C. The Kier molecular flexibility index (Phi) is 5.67. The quantitative estimate of drug-likeness (QED) is 0.616. The topological polar surface area (TPSA) is 29.5 Å². The molecule has 0 aliphatic heterocycles. The maximum Gasteiger partial charge on any atom is 0.161 e. The summed E-state index contributed by atoms with van der Waals surface area (Å²) in [5, 5.41) is 10.6. The van der Waals surface area contributed by atoms with Crippen LogP contribution in [-0.4, -0.2) is 50.2 Å². The molecule has 3 heteroatoms. The summed E-state index contributed by atoms with van der Waals surface area (Å²) < 4.78 is 6.62. The van der Waals surface area contributed by atoms with E-state index >= 15 is 0 Å². The van der Waals surface area contributed by atoms with Crippen molar-refractivity contribution >= 4 is 0 Å². The number of aliphatic hydroxyl groups is 1. The van der Waals surface area contributed by atoms with Crippen LogP contribution in [0.25, 0.3) is 0 Å². The summed E-state index contributed by atoms with van der Waals surface area (Å²) in [7, 11) is 6.38. The Balaban J connectivity index is 4.92. The molecule has 0 aromatic carbocycles. The maximum absolute atomic E-state index is 10.6. The fraction of sp³-hybridized carbons (Fsp3) is 1.00. The number of rotatable bonds is 5. The molecule has 0 aromatic heterocycles. The van der Waals surface area contributed by atoms with Gasteiger partial charge in [0.1, 0.15) is 6.54 Å². The number of hydrogen-bond acceptors (Lipinski definition) is 2. The van der Waals surface area contributed by atoms with Gasteiger partial charge in [0.25, 0.3) is 0 Å². The molecule has 0 amide bonds. The summed E-state index contributed by atoms with van der Waals surface area (Å²) in [6.07, 6.45) is -0.751. The highest BCUT2D eigenvalue weighted by molar-refractivity contribution is 4.97. The summed E-state index contributed by atoms with van der Waals surface area (Å²) >= 11 is 0. The Hall–Kier alpha value is -0.120. The highest BCUT2D eigenvalue weighted by Gasteiger charge is 2.52. The molecule has 1 unspecified atom stereocenters. The summed E-state index contributed by atoms with van der Waals surface area (Å²) in [6, 6.07) is 0. The van der Waals surface area contributed by atoms with Gasteiger partial charge in [-0.1, -0.05) is 48.5 Å². The fourth-order valence-corrected chi connectivity index (χ4v) is 2.47. The van der Waals surface area contributed by atoms with Gasteiger partial charge in [0, 0.05) is 5.41 Å². The van der Waals surface area contributed by atoms with E-state index in [4.69, 9.17) is 4.74 Å². The van der Waals surface area contributed by atoms with E-state index in [1.807, 2.05) is 0 Å². The smallest absolute Gasteiger partial charge is 0.161 e. The molecule has 0 aromatic rings. The van der Waals surface area contributed by atoms with E-state index in [9.17, 15) is 5.11 Å². The predicted molar refractivity (Wildman–Crippen MR) is 81.9 cm³/mol. The van der Waals surface area contributed by atoms with Gasteiger partial charge in [0.2, 0.25) is 0 Å². The number of aliphatic hydroxyl groups excluding tert-OH is 1. The molecule has 0 radical (unpaired) electrons. The van der Waals surface area contributed by atoms with Gasteiger partial charge in [-0.25, -0.2) is 0 Å². The Bertz CT molecular complexity index is 265. The molecule has 0 rings (SSSR count). The van der Waals surface area contributed by atoms with Crippen LogP contribution in [0.4, 0.5) is 0 Å². The van der Waals surface area contributed by atoms with E-state index in [2.05, 4.69) is 69.6 Å². The molecule has 19 heavy (non-hydrogen) atoms. The van der Waals surface area contributed by atoms with Crippen LogP contribution in [0.2, 0.25) is 0 Å². The molecule has 116 valence electrons. The lowest BCUT2D eigenvalue weighted by Gasteiger charge is -2.53. The van der Waals surface area contributed by atoms with E-state index in [-0.39, 0.29) is 16.2 Å². The molecule has 0 saturated carbocycles. The lowest BCUT2D eigenvalue weighted by atomic mass is 9.54. The van der Waals surface area contributed by atoms with Crippen molar-refractivity contribution in [1.29, 1.82) is 0 Å². The normalized spacial score (nSPS) is 16.6. The zero-order valence-corrected chi connectivity index (χ0v) is 14.8. The van der Waals surface area contributed by atoms with Gasteiger partial charge >= 0.3 is 0 Å². The monoisotopic (exact) mass is 274 g/mol. The van der Waals surface area contributed by atoms with Crippen LogP contribution in [0.1, 0.15) is 48.5 Å². The minimum atomic E-state index is -0.751. The minimum absolute atomic E-state index is 0.0404. The fourth-order valence-electron chi connectivity index (χ4n) is 2.47. The lowest BCUT2D eigenvalue weighted by Crippen LogP contribution is -2.53. The molecule has 0 fully saturated rings. The first-order valence-electron chi connectivity index (χ1n) is 7.23. The maximum atomic E-state index is 10.6. The second kappa shape index (κ2) is 5.71. The molecule has 0 aliphatic rings. The van der Waals surface area contributed by atoms with Crippen molar-refractivity contribution in [2.45, 2.75) is 54.8 Å². The number of likely N-dealkylation sites (N-methyl/N-ethyl adjacent to an activating group) is 1. The van der Waals surface area contributed by atoms with Gasteiger partial charge in [-0.05, 0) is 10.8 Å². The Morgan fingerprint density at radius 3 is 1.53 bits per heavy atom. The Morgan fingerprint density at radius 1 is 0.895 bits per heavy atom. The second-order valence-corrected chi connectivity index (χ2v) is 8.94. The van der Waals surface area contributed by atoms with Gasteiger partial charge in [0.05, 0.1) is 27.7 Å². The van der Waals surface area contributed by atoms with Crippen molar-refractivity contribution < 1.29 is 14.3 Å². The van der Waals surface area contributed by atoms with Crippen molar-refractivity contribution in [2.24, 2.45) is 16.2 Å². The third-order valence-corrected chi connectivity index (χ3v) is 4.65. The van der Waals surface area contributed by atoms with Crippen LogP contribution in [0, 0.1) is 16.2 Å². The molecule has 0 saturated heterocycles. The average molecular weight is 274 g/mol. The number of nitrogens with zero attached hydrogens (tertiary/aromatic N) is 1. The first-order chi connectivity index (χ1) is 8.13. The number of hydrogen-bond donors (Lipinski definition) is 1. The standard InChI is InChI=1S/C16H36NO2/c1-14(2,3)16(7,15(4,5)6)13(18)19-12-11-17(8,9)10/h13,18H,11-12H2,1-10H3/q+1. The first kappa shape index (κ1) is 18.9. The zero-order chi connectivity index (χ0) is 15.7. The second-order valence-electron chi connectivity index (χ2n) is 8.94. The third-order valence-electron chi connectivity index (χ3n) is 4.65. The molecule has 1 atom stereocenters. The molecule has 0 spiro atoms. The van der Waals surface area contributed by atoms with E-state index in [0.29, 0.717) is 6.61 Å². The Morgan fingerprint density at radius 2 is 1.26 bits per heavy atom. The molecular weight excluding hydrogens is 238 g/mol. The van der Waals surface area contributed by atoms with Crippen LogP contribution in [0.5, 0.6) is 0 Å². The van der Waals surface area contributed by atoms with E-state index in [1.165, 1.54) is 0 Å². The summed E-state index contributed by atoms with van der Waals surface area (Å²) in [4.78, 5) is 0. The van der Waals surface area contributed by atoms with Crippen molar-refractivity contribution in [3.63, 3.8) is 0 Å². The van der Waals surface area contributed by atoms with E-state index in [1.54, 1.807) is 0 Å². The van der Waals surface area contributed by atoms with Gasteiger partial charge in [0.15, 0.2) is 6.29 Å². The van der Waals surface area contributed by atoms with E-state index < -0.39 is 6.29 Å². The van der Waals surface area contributed by atoms with Crippen LogP contribution in [0.15, 0.2) is 0 Å². The van der Waals surface area contributed by atoms with Crippen molar-refractivity contribution in [3.05, 3.63) is 0 Å². The highest BCUT2D eigenvalue weighted by atomic mass is 16.6. The Labute approximate surface area is 120 Å². The average Bonchev–Trinajstić information content (AvgIpc) is 2.10. The number of ether oxygens (including phenoxy) is 1. The predicted octanol–water partition coefficient (Wildman–Crippen LogP) is 3.13. The molecule has 3 nitrogen and oxygen atoms in total. The van der Waals surface area contributed by atoms with Crippen molar-refractivity contribution in [2.75, 3.05) is 34.3 Å². The third kappa shape index (κ3) is 4.73. The number of quaternary nitrogens is 1. The minimum Gasteiger partial charge on any atom is -0.367 e. The summed E-state index contributed by atoms with van der Waals surface area (Å²) in [6.45, 7) is 16.6. The van der Waals surface area contributed by atoms with Crippen LogP contribution < -0.4 is 0 Å². The zero-order valence-electron chi connectivity index (χ0n) is 14.8. The molecule has 0 aliphatic carbocycles. The van der Waals surface area contributed by atoms with E-state index in [0.717, 1.165) is 11.0 Å². The van der Waals surface area contributed by atoms with Gasteiger partial charge in [-0.15, -0.1) is 0 Å². The van der Waals surface area contributed by atoms with Crippen molar-refractivity contribution in [1.82, 2.24) is 0 Å². The summed E-state index contributed by atoms with van der Waals surface area (Å²) in [5.74, 6) is 0. The molecule has 0 heterocycles. The van der Waals surface area contributed by atoms with Crippen LogP contribution >= 0.6 is 0 Å². The molecule has 1 N–H and O–H groups in total. The van der Waals surface area contributed by atoms with Crippen molar-refractivity contribution in [3.8, 4) is 0 Å². The lowest BCUT2D eigenvalue weighted by molar-refractivity contribution is -0.871. The molecule has 0 bridgehead atoms. The van der Waals surface area contributed by atoms with Gasteiger partial charge in [-0.2, -0.15) is 0 Å². The van der Waals surface area contributed by atoms with Crippen LogP contribution in [-0.2, 0) is 4.74 Å². The highest BCUT2D eigenvalue weighted by Crippen LogP contribution is 2.53. The van der Waals surface area contributed by atoms with Gasteiger partial charge in [-0.3, -0.25) is 0 Å². The summed E-state index contributed by atoms with van der Waals surface area (Å²) in [5.41, 5.74) is -0.395. The first-order valence-corrected chi connectivity index (χ1v) is 7.23. The van der Waals surface area contributed by atoms with Crippen LogP contribution in [0.3, 0.4) is 0 Å². The van der Waals surface area contributed by atoms with Gasteiger partial charge < -0.3 is 14.3 Å². The largest absolute Gasteiger partial charge is 0.367 e.